The van der Waals surface area contributed by atoms with Crippen LogP contribution in [0.5, 0.6) is 0 Å². The van der Waals surface area contributed by atoms with E-state index in [1.54, 1.807) is 0 Å². The van der Waals surface area contributed by atoms with Gasteiger partial charge in [-0.3, -0.25) is 0 Å². The molecule has 0 aromatic heterocycles. The smallest absolute Gasteiger partial charge is 0.0437 e. The number of rotatable bonds is 4. The van der Waals surface area contributed by atoms with Crippen LogP contribution in [0.4, 0.5) is 5.69 Å². The lowest BCUT2D eigenvalue weighted by molar-refractivity contribution is 0.817. The fourth-order valence-electron chi connectivity index (χ4n) is 2.01. The van der Waals surface area contributed by atoms with Crippen molar-refractivity contribution < 1.29 is 0 Å². The molecule has 0 saturated carbocycles. The van der Waals surface area contributed by atoms with Crippen LogP contribution >= 0.6 is 15.9 Å². The summed E-state index contributed by atoms with van der Waals surface area (Å²) >= 11 is 3.58. The summed E-state index contributed by atoms with van der Waals surface area (Å²) in [5.41, 5.74) is 9.50. The van der Waals surface area contributed by atoms with Gasteiger partial charge in [-0.05, 0) is 36.2 Å². The second-order valence-corrected chi connectivity index (χ2v) is 5.68. The molecule has 0 aliphatic heterocycles. The van der Waals surface area contributed by atoms with Crippen molar-refractivity contribution in [1.82, 2.24) is 0 Å². The van der Waals surface area contributed by atoms with Gasteiger partial charge in [0.25, 0.3) is 0 Å². The molecule has 0 unspecified atom stereocenters. The van der Waals surface area contributed by atoms with E-state index in [1.807, 2.05) is 13.0 Å². The summed E-state index contributed by atoms with van der Waals surface area (Å²) in [5.74, 6) is 0. The minimum absolute atomic E-state index is 0.0858. The van der Waals surface area contributed by atoms with Gasteiger partial charge in [0.05, 0.1) is 0 Å². The Morgan fingerprint density at radius 3 is 2.32 bits per heavy atom. The molecule has 3 heteroatoms. The lowest BCUT2D eigenvalue weighted by Gasteiger charge is -2.20. The predicted molar refractivity (Wildman–Crippen MR) is 85.3 cm³/mol. The Bertz CT molecular complexity index is 535. The van der Waals surface area contributed by atoms with E-state index < -0.39 is 0 Å². The van der Waals surface area contributed by atoms with Gasteiger partial charge in [-0.25, -0.2) is 0 Å². The molecule has 0 bridgehead atoms. The van der Waals surface area contributed by atoms with Crippen molar-refractivity contribution >= 4 is 21.6 Å². The third-order valence-electron chi connectivity index (χ3n) is 3.22. The Morgan fingerprint density at radius 2 is 1.74 bits per heavy atom. The third kappa shape index (κ3) is 3.58. The highest BCUT2D eigenvalue weighted by atomic mass is 79.9. The van der Waals surface area contributed by atoms with Gasteiger partial charge in [0.1, 0.15) is 0 Å². The Balaban J connectivity index is 2.12. The highest BCUT2D eigenvalue weighted by molar-refractivity contribution is 9.10. The van der Waals surface area contributed by atoms with Crippen molar-refractivity contribution in [2.24, 2.45) is 5.73 Å². The summed E-state index contributed by atoms with van der Waals surface area (Å²) in [5, 5.41) is 0. The summed E-state index contributed by atoms with van der Waals surface area (Å²) in [4.78, 5) is 2.23. The largest absolute Gasteiger partial charge is 0.370 e. The molecule has 2 aromatic rings. The van der Waals surface area contributed by atoms with Gasteiger partial charge in [0.2, 0.25) is 0 Å². The van der Waals surface area contributed by atoms with Crippen molar-refractivity contribution in [2.75, 3.05) is 11.9 Å². The van der Waals surface area contributed by atoms with Crippen LogP contribution < -0.4 is 10.6 Å². The van der Waals surface area contributed by atoms with Crippen molar-refractivity contribution in [1.29, 1.82) is 0 Å². The molecule has 2 rings (SSSR count). The number of nitrogens with zero attached hydrogens (tertiary/aromatic N) is 1. The summed E-state index contributed by atoms with van der Waals surface area (Å²) in [6.45, 7) is 2.87. The van der Waals surface area contributed by atoms with E-state index in [0.717, 1.165) is 16.6 Å². The molecule has 0 aliphatic rings. The first-order valence-electron chi connectivity index (χ1n) is 6.38. The summed E-state index contributed by atoms with van der Waals surface area (Å²) in [6, 6.07) is 16.8. The molecular weight excluding hydrogens is 300 g/mol. The van der Waals surface area contributed by atoms with Crippen LogP contribution in [0.3, 0.4) is 0 Å². The number of benzene rings is 2. The fraction of sp³-hybridized carbons (Fsp3) is 0.250. The first-order valence-corrected chi connectivity index (χ1v) is 7.17. The van der Waals surface area contributed by atoms with Gasteiger partial charge >= 0.3 is 0 Å². The number of anilines is 1. The summed E-state index contributed by atoms with van der Waals surface area (Å²) in [7, 11) is 2.10. The van der Waals surface area contributed by atoms with Gasteiger partial charge in [0, 0.05) is 29.8 Å². The first-order chi connectivity index (χ1) is 9.08. The minimum atomic E-state index is 0.0858. The molecule has 1 atom stereocenters. The van der Waals surface area contributed by atoms with E-state index in [0.29, 0.717) is 0 Å². The molecule has 0 fully saturated rings. The molecule has 0 heterocycles. The highest BCUT2D eigenvalue weighted by Gasteiger charge is 2.05. The average molecular weight is 319 g/mol. The van der Waals surface area contributed by atoms with Gasteiger partial charge in [-0.1, -0.05) is 46.3 Å². The normalized spacial score (nSPS) is 12.2. The maximum absolute atomic E-state index is 5.86. The van der Waals surface area contributed by atoms with Crippen molar-refractivity contribution in [2.45, 2.75) is 19.5 Å². The summed E-state index contributed by atoms with van der Waals surface area (Å²) < 4.78 is 1.15. The number of hydrogen-bond acceptors (Lipinski definition) is 2. The van der Waals surface area contributed by atoms with Crippen molar-refractivity contribution in [3.63, 3.8) is 0 Å². The Labute approximate surface area is 123 Å². The Morgan fingerprint density at radius 1 is 1.11 bits per heavy atom. The maximum atomic E-state index is 5.86. The molecular formula is C16H19BrN2. The third-order valence-corrected chi connectivity index (χ3v) is 4.00. The van der Waals surface area contributed by atoms with Crippen LogP contribution in [-0.4, -0.2) is 7.05 Å². The predicted octanol–water partition coefficient (Wildman–Crippen LogP) is 4.11. The van der Waals surface area contributed by atoms with E-state index in [1.165, 1.54) is 11.3 Å². The zero-order chi connectivity index (χ0) is 13.8. The van der Waals surface area contributed by atoms with Gasteiger partial charge < -0.3 is 10.6 Å². The molecule has 100 valence electrons. The van der Waals surface area contributed by atoms with Crippen LogP contribution in [0.1, 0.15) is 24.1 Å². The first kappa shape index (κ1) is 14.1. The molecule has 2 nitrogen and oxygen atoms in total. The topological polar surface area (TPSA) is 29.3 Å². The molecule has 19 heavy (non-hydrogen) atoms. The molecule has 0 spiro atoms. The van der Waals surface area contributed by atoms with E-state index in [9.17, 15) is 0 Å². The standard InChI is InChI=1S/C16H19BrN2/c1-12(18)13-7-9-15(10-8-13)19(2)11-14-5-3-4-6-16(14)17/h3-10,12H,11,18H2,1-2H3/t12-/m0/s1. The molecule has 0 radical (unpaired) electrons. The number of hydrogen-bond donors (Lipinski definition) is 1. The van der Waals surface area contributed by atoms with Crippen LogP contribution in [0, 0.1) is 0 Å². The van der Waals surface area contributed by atoms with E-state index >= 15 is 0 Å². The van der Waals surface area contributed by atoms with Gasteiger partial charge in [-0.2, -0.15) is 0 Å². The van der Waals surface area contributed by atoms with Crippen LogP contribution in [0.15, 0.2) is 53.0 Å². The molecule has 0 aliphatic carbocycles. The van der Waals surface area contributed by atoms with Crippen LogP contribution in [0.2, 0.25) is 0 Å². The molecule has 0 amide bonds. The number of halogens is 1. The SMILES string of the molecule is C[C@H](N)c1ccc(N(C)Cc2ccccc2Br)cc1. The van der Waals surface area contributed by atoms with Gasteiger partial charge in [-0.15, -0.1) is 0 Å². The zero-order valence-electron chi connectivity index (χ0n) is 11.3. The lowest BCUT2D eigenvalue weighted by Crippen LogP contribution is -2.16. The monoisotopic (exact) mass is 318 g/mol. The van der Waals surface area contributed by atoms with E-state index in [4.69, 9.17) is 5.73 Å². The minimum Gasteiger partial charge on any atom is -0.370 e. The van der Waals surface area contributed by atoms with Crippen molar-refractivity contribution in [3.8, 4) is 0 Å². The maximum Gasteiger partial charge on any atom is 0.0437 e. The van der Waals surface area contributed by atoms with E-state index in [-0.39, 0.29) is 6.04 Å². The number of nitrogens with two attached hydrogens (primary N) is 1. The van der Waals surface area contributed by atoms with Gasteiger partial charge in [0.15, 0.2) is 0 Å². The fourth-order valence-corrected chi connectivity index (χ4v) is 2.42. The second-order valence-electron chi connectivity index (χ2n) is 4.83. The van der Waals surface area contributed by atoms with Crippen LogP contribution in [0.25, 0.3) is 0 Å². The Kier molecular flexibility index (Phi) is 4.61. The highest BCUT2D eigenvalue weighted by Crippen LogP contribution is 2.22. The zero-order valence-corrected chi connectivity index (χ0v) is 12.9. The van der Waals surface area contributed by atoms with Crippen LogP contribution in [-0.2, 0) is 6.54 Å². The molecule has 0 saturated heterocycles. The molecule has 2 aromatic carbocycles. The second kappa shape index (κ2) is 6.22. The lowest BCUT2D eigenvalue weighted by atomic mass is 10.1. The Hall–Kier alpha value is -1.32. The quantitative estimate of drug-likeness (QED) is 0.919. The van der Waals surface area contributed by atoms with Crippen molar-refractivity contribution in [3.05, 3.63) is 64.1 Å². The summed E-state index contributed by atoms with van der Waals surface area (Å²) in [6.07, 6.45) is 0. The van der Waals surface area contributed by atoms with E-state index in [2.05, 4.69) is 70.3 Å². The molecule has 2 N–H and O–H groups in total. The average Bonchev–Trinajstić information content (AvgIpc) is 2.41.